The van der Waals surface area contributed by atoms with Gasteiger partial charge in [0.1, 0.15) is 0 Å². The number of amides is 1. The number of thiophene rings is 1. The highest BCUT2D eigenvalue weighted by Gasteiger charge is 2.31. The van der Waals surface area contributed by atoms with E-state index < -0.39 is 0 Å². The number of hydrogen-bond acceptors (Lipinski definition) is 2. The summed E-state index contributed by atoms with van der Waals surface area (Å²) in [6.07, 6.45) is 1.90. The average Bonchev–Trinajstić information content (AvgIpc) is 2.96. The lowest BCUT2D eigenvalue weighted by molar-refractivity contribution is 0.0656. The molecule has 1 atom stereocenters. The van der Waals surface area contributed by atoms with Gasteiger partial charge in [0.15, 0.2) is 0 Å². The molecule has 21 heavy (non-hydrogen) atoms. The SMILES string of the molecule is CCC1c2ccsc2CCN1C(=O)c1cc(Br)ccc1Br. The Morgan fingerprint density at radius 3 is 2.95 bits per heavy atom. The van der Waals surface area contributed by atoms with Gasteiger partial charge in [-0.25, -0.2) is 0 Å². The minimum atomic E-state index is 0.104. The summed E-state index contributed by atoms with van der Waals surface area (Å²) >= 11 is 8.75. The molecule has 0 spiro atoms. The van der Waals surface area contributed by atoms with Gasteiger partial charge in [-0.15, -0.1) is 11.3 Å². The maximum absolute atomic E-state index is 13.0. The topological polar surface area (TPSA) is 20.3 Å². The van der Waals surface area contributed by atoms with Crippen molar-refractivity contribution < 1.29 is 4.79 Å². The van der Waals surface area contributed by atoms with Crippen molar-refractivity contribution in [1.82, 2.24) is 4.90 Å². The summed E-state index contributed by atoms with van der Waals surface area (Å²) in [5.74, 6) is 0.104. The summed E-state index contributed by atoms with van der Waals surface area (Å²) in [5, 5.41) is 2.14. The minimum Gasteiger partial charge on any atom is -0.331 e. The molecule has 2 nitrogen and oxygen atoms in total. The molecule has 0 bridgehead atoms. The lowest BCUT2D eigenvalue weighted by Gasteiger charge is -2.35. The highest BCUT2D eigenvalue weighted by molar-refractivity contribution is 9.11. The van der Waals surface area contributed by atoms with Gasteiger partial charge in [0.25, 0.3) is 5.91 Å². The molecule has 5 heteroatoms. The molecule has 3 rings (SSSR count). The van der Waals surface area contributed by atoms with Crippen LogP contribution in [0.2, 0.25) is 0 Å². The highest BCUT2D eigenvalue weighted by atomic mass is 79.9. The first kappa shape index (κ1) is 15.3. The van der Waals surface area contributed by atoms with Crippen molar-refractivity contribution in [3.63, 3.8) is 0 Å². The summed E-state index contributed by atoms with van der Waals surface area (Å²) in [7, 11) is 0. The van der Waals surface area contributed by atoms with Gasteiger partial charge in [-0.1, -0.05) is 22.9 Å². The highest BCUT2D eigenvalue weighted by Crippen LogP contribution is 2.36. The molecular formula is C16H15Br2NOS. The number of benzene rings is 1. The van der Waals surface area contributed by atoms with E-state index in [-0.39, 0.29) is 11.9 Å². The van der Waals surface area contributed by atoms with Crippen molar-refractivity contribution in [2.45, 2.75) is 25.8 Å². The van der Waals surface area contributed by atoms with Gasteiger partial charge in [-0.05, 0) is 64.0 Å². The van der Waals surface area contributed by atoms with Gasteiger partial charge in [-0.2, -0.15) is 0 Å². The van der Waals surface area contributed by atoms with Crippen LogP contribution in [0.5, 0.6) is 0 Å². The van der Waals surface area contributed by atoms with Gasteiger partial charge in [0, 0.05) is 20.4 Å². The van der Waals surface area contributed by atoms with Gasteiger partial charge >= 0.3 is 0 Å². The van der Waals surface area contributed by atoms with Crippen LogP contribution in [0.4, 0.5) is 0 Å². The van der Waals surface area contributed by atoms with Crippen LogP contribution in [0.25, 0.3) is 0 Å². The fraction of sp³-hybridized carbons (Fsp3) is 0.312. The van der Waals surface area contributed by atoms with Crippen LogP contribution in [0.3, 0.4) is 0 Å². The first-order valence-electron chi connectivity index (χ1n) is 6.94. The number of nitrogens with zero attached hydrogens (tertiary/aromatic N) is 1. The van der Waals surface area contributed by atoms with Crippen molar-refractivity contribution >= 4 is 49.1 Å². The standard InChI is InChI=1S/C16H15Br2NOS/c1-2-14-11-6-8-21-15(11)5-7-19(14)16(20)12-9-10(17)3-4-13(12)18/h3-4,6,8-9,14H,2,5,7H2,1H3. The van der Waals surface area contributed by atoms with E-state index in [4.69, 9.17) is 0 Å². The fourth-order valence-electron chi connectivity index (χ4n) is 2.90. The van der Waals surface area contributed by atoms with Crippen LogP contribution in [0.15, 0.2) is 38.6 Å². The number of halogens is 2. The molecule has 2 heterocycles. The Kier molecular flexibility index (Phi) is 4.52. The minimum absolute atomic E-state index is 0.104. The number of fused-ring (bicyclic) bond motifs is 1. The predicted molar refractivity (Wildman–Crippen MR) is 93.9 cm³/mol. The first-order chi connectivity index (χ1) is 10.1. The van der Waals surface area contributed by atoms with Crippen LogP contribution in [-0.2, 0) is 6.42 Å². The van der Waals surface area contributed by atoms with Gasteiger partial charge < -0.3 is 4.90 Å². The molecule has 1 unspecified atom stereocenters. The zero-order valence-electron chi connectivity index (χ0n) is 11.6. The summed E-state index contributed by atoms with van der Waals surface area (Å²) in [6, 6.07) is 8.11. The Balaban J connectivity index is 1.96. The Morgan fingerprint density at radius 1 is 1.38 bits per heavy atom. The molecule has 0 saturated heterocycles. The van der Waals surface area contributed by atoms with Crippen molar-refractivity contribution in [2.75, 3.05) is 6.54 Å². The fourth-order valence-corrected chi connectivity index (χ4v) is 4.60. The summed E-state index contributed by atoms with van der Waals surface area (Å²) in [4.78, 5) is 16.4. The molecule has 0 radical (unpaired) electrons. The van der Waals surface area contributed by atoms with E-state index >= 15 is 0 Å². The monoisotopic (exact) mass is 427 g/mol. The number of rotatable bonds is 2. The van der Waals surface area contributed by atoms with E-state index in [0.29, 0.717) is 0 Å². The van der Waals surface area contributed by atoms with Crippen LogP contribution >= 0.6 is 43.2 Å². The molecule has 110 valence electrons. The maximum atomic E-state index is 13.0. The molecule has 1 aromatic carbocycles. The zero-order valence-corrected chi connectivity index (χ0v) is 15.6. The number of hydrogen-bond donors (Lipinski definition) is 0. The van der Waals surface area contributed by atoms with E-state index in [0.717, 1.165) is 33.9 Å². The molecule has 1 aliphatic rings. The van der Waals surface area contributed by atoms with Crippen LogP contribution in [-0.4, -0.2) is 17.4 Å². The van der Waals surface area contributed by atoms with Crippen LogP contribution in [0.1, 0.15) is 40.2 Å². The normalized spacial score (nSPS) is 17.7. The number of carbonyl (C=O) groups is 1. The largest absolute Gasteiger partial charge is 0.331 e. The Labute approximate surface area is 145 Å². The van der Waals surface area contributed by atoms with Crippen molar-refractivity contribution in [2.24, 2.45) is 0 Å². The van der Waals surface area contributed by atoms with Crippen LogP contribution in [0, 0.1) is 0 Å². The summed E-state index contributed by atoms with van der Waals surface area (Å²) in [5.41, 5.74) is 2.05. The Morgan fingerprint density at radius 2 is 2.19 bits per heavy atom. The quantitative estimate of drug-likeness (QED) is 0.624. The van der Waals surface area contributed by atoms with E-state index in [1.165, 1.54) is 10.4 Å². The van der Waals surface area contributed by atoms with E-state index in [1.807, 2.05) is 23.1 Å². The molecule has 1 aliphatic heterocycles. The Bertz CT molecular complexity index is 683. The smallest absolute Gasteiger partial charge is 0.255 e. The second-order valence-electron chi connectivity index (χ2n) is 5.10. The van der Waals surface area contributed by atoms with Gasteiger partial charge in [-0.3, -0.25) is 4.79 Å². The molecule has 2 aromatic rings. The van der Waals surface area contributed by atoms with Crippen molar-refractivity contribution in [3.05, 3.63) is 54.6 Å². The Hall–Kier alpha value is -0.650. The van der Waals surface area contributed by atoms with Gasteiger partial charge in [0.05, 0.1) is 11.6 Å². The molecule has 0 saturated carbocycles. The van der Waals surface area contributed by atoms with Crippen molar-refractivity contribution in [3.8, 4) is 0 Å². The van der Waals surface area contributed by atoms with E-state index in [1.54, 1.807) is 11.3 Å². The molecular weight excluding hydrogens is 414 g/mol. The lowest BCUT2D eigenvalue weighted by atomic mass is 9.97. The van der Waals surface area contributed by atoms with Crippen LogP contribution < -0.4 is 0 Å². The van der Waals surface area contributed by atoms with Gasteiger partial charge in [0.2, 0.25) is 0 Å². The second-order valence-corrected chi connectivity index (χ2v) is 7.87. The zero-order chi connectivity index (χ0) is 15.0. The van der Waals surface area contributed by atoms with E-state index in [2.05, 4.69) is 50.2 Å². The maximum Gasteiger partial charge on any atom is 0.255 e. The van der Waals surface area contributed by atoms with E-state index in [9.17, 15) is 4.79 Å². The summed E-state index contributed by atoms with van der Waals surface area (Å²) in [6.45, 7) is 2.94. The third-order valence-corrected chi connectivity index (χ3v) is 6.08. The third-order valence-electron chi connectivity index (χ3n) is 3.90. The first-order valence-corrected chi connectivity index (χ1v) is 9.40. The number of carbonyl (C=O) groups excluding carboxylic acids is 1. The average molecular weight is 429 g/mol. The predicted octanol–water partition coefficient (Wildman–Crippen LogP) is 5.42. The lowest BCUT2D eigenvalue weighted by Crippen LogP contribution is -2.39. The molecule has 1 aromatic heterocycles. The molecule has 0 fully saturated rings. The molecule has 0 aliphatic carbocycles. The van der Waals surface area contributed by atoms with Crippen molar-refractivity contribution in [1.29, 1.82) is 0 Å². The molecule has 0 N–H and O–H groups in total. The summed E-state index contributed by atoms with van der Waals surface area (Å²) < 4.78 is 1.77. The third kappa shape index (κ3) is 2.83. The molecule has 1 amide bonds. The second kappa shape index (κ2) is 6.23.